The van der Waals surface area contributed by atoms with Crippen LogP contribution in [0, 0.1) is 27.7 Å². The van der Waals surface area contributed by atoms with Crippen LogP contribution in [-0.2, 0) is 10.7 Å². The summed E-state index contributed by atoms with van der Waals surface area (Å²) in [7, 11) is -2.46. The number of hydrogen-bond acceptors (Lipinski definition) is 2. The molecule has 0 N–H and O–H groups in total. The fourth-order valence-electron chi connectivity index (χ4n) is 1.38. The molecule has 0 radical (unpaired) electrons. The van der Waals surface area contributed by atoms with Gasteiger partial charge in [0.2, 0.25) is 0 Å². The molecule has 0 aliphatic heterocycles. The van der Waals surface area contributed by atoms with E-state index in [1.54, 1.807) is 6.07 Å². The van der Waals surface area contributed by atoms with Crippen LogP contribution in [0.2, 0.25) is 0 Å². The summed E-state index contributed by atoms with van der Waals surface area (Å²) in [6.07, 6.45) is 0. The highest BCUT2D eigenvalue weighted by atomic mass is 32.2. The quantitative estimate of drug-likeness (QED) is 0.699. The van der Waals surface area contributed by atoms with E-state index in [2.05, 4.69) is 0 Å². The van der Waals surface area contributed by atoms with E-state index in [-0.39, 0.29) is 0 Å². The van der Waals surface area contributed by atoms with Crippen molar-refractivity contribution >= 4 is 10.7 Å². The van der Waals surface area contributed by atoms with Gasteiger partial charge in [0.15, 0.2) is 10.7 Å². The van der Waals surface area contributed by atoms with Crippen molar-refractivity contribution in [1.82, 2.24) is 0 Å². The highest BCUT2D eigenvalue weighted by Gasteiger charge is 2.07. The molecular formula is C10H14O2S. The van der Waals surface area contributed by atoms with Gasteiger partial charge in [-0.1, -0.05) is 0 Å². The SMILES string of the molecule is Cc1cc([SH](=O)=O)c(C)c(C)c1C. The van der Waals surface area contributed by atoms with Gasteiger partial charge in [0.05, 0.1) is 4.90 Å². The molecule has 1 aromatic carbocycles. The summed E-state index contributed by atoms with van der Waals surface area (Å²) in [5.74, 6) is 0. The van der Waals surface area contributed by atoms with Crippen LogP contribution in [0.5, 0.6) is 0 Å². The van der Waals surface area contributed by atoms with Crippen LogP contribution in [0.25, 0.3) is 0 Å². The molecule has 13 heavy (non-hydrogen) atoms. The minimum absolute atomic E-state index is 0.454. The van der Waals surface area contributed by atoms with Gasteiger partial charge in [-0.25, -0.2) is 8.42 Å². The third-order valence-electron chi connectivity index (χ3n) is 2.65. The average molecular weight is 198 g/mol. The van der Waals surface area contributed by atoms with Crippen molar-refractivity contribution in [1.29, 1.82) is 0 Å². The molecule has 0 spiro atoms. The van der Waals surface area contributed by atoms with Crippen molar-refractivity contribution in [3.8, 4) is 0 Å². The van der Waals surface area contributed by atoms with Crippen LogP contribution < -0.4 is 0 Å². The zero-order valence-corrected chi connectivity index (χ0v) is 9.24. The number of benzene rings is 1. The summed E-state index contributed by atoms with van der Waals surface area (Å²) in [4.78, 5) is 0.454. The second kappa shape index (κ2) is 3.50. The highest BCUT2D eigenvalue weighted by Crippen LogP contribution is 2.21. The Bertz CT molecular complexity index is 409. The zero-order chi connectivity index (χ0) is 10.2. The van der Waals surface area contributed by atoms with Crippen LogP contribution in [0.1, 0.15) is 22.3 Å². The molecule has 0 saturated carbocycles. The van der Waals surface area contributed by atoms with Gasteiger partial charge in [0, 0.05) is 0 Å². The first-order valence-electron chi connectivity index (χ1n) is 4.17. The van der Waals surface area contributed by atoms with Crippen molar-refractivity contribution < 1.29 is 8.42 Å². The molecule has 0 aromatic heterocycles. The average Bonchev–Trinajstić information content (AvgIpc) is 2.07. The normalized spacial score (nSPS) is 10.8. The maximum absolute atomic E-state index is 10.9. The van der Waals surface area contributed by atoms with E-state index in [1.165, 1.54) is 5.56 Å². The predicted octanol–water partition coefficient (Wildman–Crippen LogP) is 1.89. The molecule has 0 bridgehead atoms. The summed E-state index contributed by atoms with van der Waals surface area (Å²) in [5.41, 5.74) is 4.17. The van der Waals surface area contributed by atoms with E-state index in [0.717, 1.165) is 16.7 Å². The third kappa shape index (κ3) is 1.75. The van der Waals surface area contributed by atoms with Gasteiger partial charge in [-0.15, -0.1) is 0 Å². The highest BCUT2D eigenvalue weighted by molar-refractivity contribution is 7.72. The maximum Gasteiger partial charge on any atom is 0.168 e. The van der Waals surface area contributed by atoms with E-state index in [9.17, 15) is 8.42 Å². The lowest BCUT2D eigenvalue weighted by molar-refractivity contribution is 0.614. The van der Waals surface area contributed by atoms with Crippen LogP contribution >= 0.6 is 0 Å². The van der Waals surface area contributed by atoms with Crippen molar-refractivity contribution in [2.45, 2.75) is 32.6 Å². The van der Waals surface area contributed by atoms with Crippen molar-refractivity contribution in [2.75, 3.05) is 0 Å². The second-order valence-corrected chi connectivity index (χ2v) is 4.34. The molecule has 0 saturated heterocycles. The Morgan fingerprint density at radius 1 is 0.923 bits per heavy atom. The van der Waals surface area contributed by atoms with E-state index in [0.29, 0.717) is 4.90 Å². The molecule has 0 aliphatic rings. The Balaban J connectivity index is 3.59. The summed E-state index contributed by atoms with van der Waals surface area (Å²) in [5, 5.41) is 0. The number of thiol groups is 1. The Labute approximate surface area is 80.5 Å². The smallest absolute Gasteiger partial charge is 0.168 e. The van der Waals surface area contributed by atoms with Gasteiger partial charge in [-0.3, -0.25) is 0 Å². The van der Waals surface area contributed by atoms with E-state index in [1.807, 2.05) is 27.7 Å². The summed E-state index contributed by atoms with van der Waals surface area (Å²) >= 11 is 0. The standard InChI is InChI=1S/C10H14O2S/c1-6-5-10(13(11)12)9(4)8(3)7(6)2/h5,13H,1-4H3. The minimum atomic E-state index is -2.46. The Morgan fingerprint density at radius 2 is 1.46 bits per heavy atom. The molecule has 0 heterocycles. The van der Waals surface area contributed by atoms with Crippen molar-refractivity contribution in [2.24, 2.45) is 0 Å². The molecule has 0 atom stereocenters. The van der Waals surface area contributed by atoms with E-state index in [4.69, 9.17) is 0 Å². The number of aryl methyl sites for hydroxylation is 1. The van der Waals surface area contributed by atoms with Gasteiger partial charge >= 0.3 is 0 Å². The summed E-state index contributed by atoms with van der Waals surface area (Å²) in [6.45, 7) is 7.76. The summed E-state index contributed by atoms with van der Waals surface area (Å²) < 4.78 is 21.7. The van der Waals surface area contributed by atoms with Crippen molar-refractivity contribution in [3.05, 3.63) is 28.3 Å². The maximum atomic E-state index is 10.9. The van der Waals surface area contributed by atoms with Crippen LogP contribution in [-0.4, -0.2) is 8.42 Å². The molecule has 1 rings (SSSR count). The summed E-state index contributed by atoms with van der Waals surface area (Å²) in [6, 6.07) is 1.74. The number of hydrogen-bond donors (Lipinski definition) is 1. The van der Waals surface area contributed by atoms with Gasteiger partial charge in [-0.2, -0.15) is 0 Å². The second-order valence-electron chi connectivity index (χ2n) is 3.34. The minimum Gasteiger partial charge on any atom is -0.227 e. The third-order valence-corrected chi connectivity index (χ3v) is 3.51. The van der Waals surface area contributed by atoms with Gasteiger partial charge in [0.1, 0.15) is 0 Å². The van der Waals surface area contributed by atoms with E-state index < -0.39 is 10.7 Å². The Morgan fingerprint density at radius 3 is 1.92 bits per heavy atom. The van der Waals surface area contributed by atoms with Crippen LogP contribution in [0.3, 0.4) is 0 Å². The molecule has 0 amide bonds. The Kier molecular flexibility index (Phi) is 2.76. The first-order chi connectivity index (χ1) is 5.95. The molecular weight excluding hydrogens is 184 g/mol. The molecule has 0 aliphatic carbocycles. The fraction of sp³-hybridized carbons (Fsp3) is 0.400. The van der Waals surface area contributed by atoms with Gasteiger partial charge in [0.25, 0.3) is 0 Å². The lowest BCUT2D eigenvalue weighted by Gasteiger charge is -2.09. The number of rotatable bonds is 1. The lowest BCUT2D eigenvalue weighted by atomic mass is 10.00. The van der Waals surface area contributed by atoms with Crippen LogP contribution in [0.4, 0.5) is 0 Å². The van der Waals surface area contributed by atoms with Crippen molar-refractivity contribution in [3.63, 3.8) is 0 Å². The molecule has 0 unspecified atom stereocenters. The largest absolute Gasteiger partial charge is 0.227 e. The van der Waals surface area contributed by atoms with E-state index >= 15 is 0 Å². The lowest BCUT2D eigenvalue weighted by Crippen LogP contribution is -1.96. The van der Waals surface area contributed by atoms with Gasteiger partial charge in [-0.05, 0) is 56.0 Å². The molecule has 1 aromatic rings. The first-order valence-corrected chi connectivity index (χ1v) is 5.34. The molecule has 72 valence electrons. The topological polar surface area (TPSA) is 34.1 Å². The first kappa shape index (κ1) is 10.3. The zero-order valence-electron chi connectivity index (χ0n) is 8.34. The fourth-order valence-corrected chi connectivity index (χ4v) is 2.12. The molecule has 0 fully saturated rings. The van der Waals surface area contributed by atoms with Crippen LogP contribution in [0.15, 0.2) is 11.0 Å². The monoisotopic (exact) mass is 198 g/mol. The van der Waals surface area contributed by atoms with Gasteiger partial charge < -0.3 is 0 Å². The Hall–Kier alpha value is -0.830. The predicted molar refractivity (Wildman–Crippen MR) is 54.0 cm³/mol. The molecule has 3 heteroatoms. The molecule has 2 nitrogen and oxygen atoms in total.